The molecule has 3 nitrogen and oxygen atoms in total. The van der Waals surface area contributed by atoms with Crippen molar-refractivity contribution < 1.29 is 9.53 Å². The molecule has 1 amide bonds. The molecule has 0 aliphatic carbocycles. The molecule has 0 bridgehead atoms. The highest BCUT2D eigenvalue weighted by Gasteiger charge is 2.20. The minimum Gasteiger partial charge on any atom is -0.378 e. The highest BCUT2D eigenvalue weighted by molar-refractivity contribution is 6.20. The van der Waals surface area contributed by atoms with Crippen molar-refractivity contribution in [3.8, 4) is 0 Å². The number of carbonyl (C=O) groups is 1. The Balaban J connectivity index is 1.63. The van der Waals surface area contributed by atoms with Gasteiger partial charge in [-0.05, 0) is 55.7 Å². The zero-order valence-electron chi connectivity index (χ0n) is 12.2. The van der Waals surface area contributed by atoms with Crippen molar-refractivity contribution in [3.63, 3.8) is 0 Å². The van der Waals surface area contributed by atoms with Gasteiger partial charge in [-0.15, -0.1) is 11.6 Å². The van der Waals surface area contributed by atoms with Gasteiger partial charge in [0.05, 0.1) is 11.5 Å². The summed E-state index contributed by atoms with van der Waals surface area (Å²) in [5.74, 6) is 0.0255. The summed E-state index contributed by atoms with van der Waals surface area (Å²) < 4.78 is 5.75. The second kappa shape index (κ2) is 6.80. The van der Waals surface area contributed by atoms with E-state index in [9.17, 15) is 4.79 Å². The number of fused-ring (bicyclic) bond motifs is 1. The van der Waals surface area contributed by atoms with Crippen LogP contribution in [0.1, 0.15) is 59.0 Å². The fraction of sp³-hybridized carbons (Fsp3) is 0.588. The Morgan fingerprint density at radius 1 is 1.38 bits per heavy atom. The van der Waals surface area contributed by atoms with Crippen LogP contribution in [-0.2, 0) is 11.2 Å². The number of nitrogens with one attached hydrogen (secondary N) is 1. The molecule has 2 aliphatic heterocycles. The highest BCUT2D eigenvalue weighted by Crippen LogP contribution is 2.30. The summed E-state index contributed by atoms with van der Waals surface area (Å²) in [6, 6.07) is 6.08. The van der Waals surface area contributed by atoms with Crippen LogP contribution >= 0.6 is 11.6 Å². The molecule has 1 aromatic carbocycles. The van der Waals surface area contributed by atoms with Crippen molar-refractivity contribution in [1.82, 2.24) is 5.32 Å². The summed E-state index contributed by atoms with van der Waals surface area (Å²) in [5.41, 5.74) is 2.96. The molecule has 2 heterocycles. The first-order chi connectivity index (χ1) is 10.2. The third kappa shape index (κ3) is 3.58. The predicted molar refractivity (Wildman–Crippen MR) is 83.9 cm³/mol. The summed E-state index contributed by atoms with van der Waals surface area (Å²) in [5, 5.41) is 2.84. The van der Waals surface area contributed by atoms with Crippen molar-refractivity contribution in [2.24, 2.45) is 0 Å². The number of alkyl halides is 1. The number of hydrogen-bond acceptors (Lipinski definition) is 2. The second-order valence-electron chi connectivity index (χ2n) is 5.96. The van der Waals surface area contributed by atoms with Gasteiger partial charge < -0.3 is 10.1 Å². The topological polar surface area (TPSA) is 38.3 Å². The lowest BCUT2D eigenvalue weighted by Crippen LogP contribution is -2.31. The van der Waals surface area contributed by atoms with Crippen molar-refractivity contribution in [1.29, 1.82) is 0 Å². The molecule has 0 saturated carbocycles. The number of halogens is 1. The Hall–Kier alpha value is -1.06. The first-order valence-electron chi connectivity index (χ1n) is 7.91. The molecule has 0 aromatic heterocycles. The normalized spacial score (nSPS) is 23.3. The Kier molecular flexibility index (Phi) is 4.81. The standard InChI is InChI=1S/C17H22ClNO2/c18-16(7-6-14-3-1-2-10-21-14)13-5-4-12-8-9-19-17(20)15(12)11-13/h4-5,11,14,16H,1-3,6-10H2,(H,19,20). The predicted octanol–water partition coefficient (Wildman–Crippen LogP) is 3.60. The van der Waals surface area contributed by atoms with Crippen LogP contribution in [0.15, 0.2) is 18.2 Å². The number of ether oxygens (including phenoxy) is 1. The molecule has 0 radical (unpaired) electrons. The van der Waals surface area contributed by atoms with Crippen LogP contribution in [0.4, 0.5) is 0 Å². The van der Waals surface area contributed by atoms with Gasteiger partial charge in [0.1, 0.15) is 0 Å². The first-order valence-corrected chi connectivity index (χ1v) is 8.34. The van der Waals surface area contributed by atoms with E-state index in [1.54, 1.807) is 0 Å². The molecule has 1 fully saturated rings. The minimum atomic E-state index is -0.0458. The molecule has 0 spiro atoms. The van der Waals surface area contributed by atoms with Gasteiger partial charge in [-0.3, -0.25) is 4.79 Å². The van der Waals surface area contributed by atoms with Crippen LogP contribution in [-0.4, -0.2) is 25.2 Å². The fourth-order valence-electron chi connectivity index (χ4n) is 3.16. The maximum absolute atomic E-state index is 11.9. The summed E-state index contributed by atoms with van der Waals surface area (Å²) in [6.45, 7) is 1.62. The third-order valence-corrected chi connectivity index (χ3v) is 4.91. The molecule has 1 N–H and O–H groups in total. The zero-order chi connectivity index (χ0) is 14.7. The van der Waals surface area contributed by atoms with E-state index in [0.717, 1.165) is 55.5 Å². The lowest BCUT2D eigenvalue weighted by Gasteiger charge is -2.24. The average Bonchev–Trinajstić information content (AvgIpc) is 2.54. The fourth-order valence-corrected chi connectivity index (χ4v) is 3.42. The van der Waals surface area contributed by atoms with Crippen LogP contribution < -0.4 is 5.32 Å². The van der Waals surface area contributed by atoms with Gasteiger partial charge in [0.15, 0.2) is 0 Å². The van der Waals surface area contributed by atoms with E-state index in [0.29, 0.717) is 6.10 Å². The third-order valence-electron chi connectivity index (χ3n) is 4.44. The molecule has 3 rings (SSSR count). The molecule has 114 valence electrons. The van der Waals surface area contributed by atoms with Gasteiger partial charge in [0, 0.05) is 18.7 Å². The molecule has 1 saturated heterocycles. The number of amides is 1. The van der Waals surface area contributed by atoms with Gasteiger partial charge in [-0.2, -0.15) is 0 Å². The summed E-state index contributed by atoms with van der Waals surface area (Å²) >= 11 is 6.53. The van der Waals surface area contributed by atoms with E-state index in [2.05, 4.69) is 17.4 Å². The average molecular weight is 308 g/mol. The van der Waals surface area contributed by atoms with Gasteiger partial charge in [-0.1, -0.05) is 12.1 Å². The van der Waals surface area contributed by atoms with Gasteiger partial charge >= 0.3 is 0 Å². The highest BCUT2D eigenvalue weighted by atomic mass is 35.5. The van der Waals surface area contributed by atoms with Crippen LogP contribution in [0, 0.1) is 0 Å². The van der Waals surface area contributed by atoms with Crippen LogP contribution in [0.25, 0.3) is 0 Å². The van der Waals surface area contributed by atoms with Crippen LogP contribution in [0.5, 0.6) is 0 Å². The lowest BCUT2D eigenvalue weighted by molar-refractivity contribution is 0.01000. The van der Waals surface area contributed by atoms with Gasteiger partial charge in [-0.25, -0.2) is 0 Å². The van der Waals surface area contributed by atoms with Crippen LogP contribution in [0.3, 0.4) is 0 Å². The molecule has 4 heteroatoms. The summed E-state index contributed by atoms with van der Waals surface area (Å²) in [6.07, 6.45) is 6.75. The Morgan fingerprint density at radius 3 is 3.10 bits per heavy atom. The first kappa shape index (κ1) is 14.9. The molecule has 1 aromatic rings. The summed E-state index contributed by atoms with van der Waals surface area (Å²) in [4.78, 5) is 11.9. The number of benzene rings is 1. The molecule has 21 heavy (non-hydrogen) atoms. The molecule has 2 aliphatic rings. The largest absolute Gasteiger partial charge is 0.378 e. The zero-order valence-corrected chi connectivity index (χ0v) is 13.0. The Morgan fingerprint density at radius 2 is 2.29 bits per heavy atom. The number of hydrogen-bond donors (Lipinski definition) is 1. The van der Waals surface area contributed by atoms with Crippen molar-refractivity contribution in [2.75, 3.05) is 13.2 Å². The molecule has 2 atom stereocenters. The quantitative estimate of drug-likeness (QED) is 0.863. The monoisotopic (exact) mass is 307 g/mol. The lowest BCUT2D eigenvalue weighted by atomic mass is 9.95. The van der Waals surface area contributed by atoms with E-state index in [4.69, 9.17) is 16.3 Å². The molecular formula is C17H22ClNO2. The number of rotatable bonds is 4. The van der Waals surface area contributed by atoms with Crippen LogP contribution in [0.2, 0.25) is 0 Å². The number of carbonyl (C=O) groups excluding carboxylic acids is 1. The Bertz CT molecular complexity index is 512. The van der Waals surface area contributed by atoms with Crippen molar-refractivity contribution in [2.45, 2.75) is 50.0 Å². The van der Waals surface area contributed by atoms with Crippen molar-refractivity contribution in [3.05, 3.63) is 34.9 Å². The molecular weight excluding hydrogens is 286 g/mol. The second-order valence-corrected chi connectivity index (χ2v) is 6.48. The van der Waals surface area contributed by atoms with E-state index in [-0.39, 0.29) is 11.3 Å². The Labute approximate surface area is 131 Å². The smallest absolute Gasteiger partial charge is 0.251 e. The maximum atomic E-state index is 11.9. The maximum Gasteiger partial charge on any atom is 0.251 e. The SMILES string of the molecule is O=C1NCCc2ccc(C(Cl)CCC3CCCCO3)cc21. The van der Waals surface area contributed by atoms with E-state index < -0.39 is 0 Å². The van der Waals surface area contributed by atoms with Crippen molar-refractivity contribution >= 4 is 17.5 Å². The van der Waals surface area contributed by atoms with Gasteiger partial charge in [0.25, 0.3) is 5.91 Å². The summed E-state index contributed by atoms with van der Waals surface area (Å²) in [7, 11) is 0. The minimum absolute atomic E-state index is 0.0255. The van der Waals surface area contributed by atoms with Gasteiger partial charge in [0.2, 0.25) is 0 Å². The van der Waals surface area contributed by atoms with E-state index in [1.807, 2.05) is 6.07 Å². The van der Waals surface area contributed by atoms with E-state index in [1.165, 1.54) is 12.8 Å². The molecule has 2 unspecified atom stereocenters. The van der Waals surface area contributed by atoms with E-state index >= 15 is 0 Å².